The number of carbonyl (C=O) groups is 2. The zero-order chi connectivity index (χ0) is 16.1. The Labute approximate surface area is 132 Å². The molecule has 2 N–H and O–H groups in total. The van der Waals surface area contributed by atoms with Gasteiger partial charge in [0.1, 0.15) is 12.9 Å². The van der Waals surface area contributed by atoms with Gasteiger partial charge in [-0.3, -0.25) is 4.90 Å². The number of amides is 3. The highest BCUT2D eigenvalue weighted by molar-refractivity contribution is 5.91. The molecule has 1 saturated heterocycles. The van der Waals surface area contributed by atoms with Crippen molar-refractivity contribution in [1.29, 1.82) is 0 Å². The van der Waals surface area contributed by atoms with Crippen molar-refractivity contribution in [3.63, 3.8) is 0 Å². The number of ether oxygens (including phenoxy) is 1. The summed E-state index contributed by atoms with van der Waals surface area (Å²) in [6.45, 7) is 1.39. The first-order valence-corrected chi connectivity index (χ1v) is 7.18. The molecule has 0 spiro atoms. The molecule has 0 unspecified atom stereocenters. The Morgan fingerprint density at radius 1 is 1.30 bits per heavy atom. The Balaban J connectivity index is 1.47. The van der Waals surface area contributed by atoms with Gasteiger partial charge in [-0.25, -0.2) is 14.6 Å². The molecule has 1 aromatic carbocycles. The van der Waals surface area contributed by atoms with E-state index in [1.165, 1.54) is 6.39 Å². The van der Waals surface area contributed by atoms with Crippen molar-refractivity contribution in [2.75, 3.05) is 29.9 Å². The molecular formula is C15H16N4O4. The number of rotatable bonds is 5. The van der Waals surface area contributed by atoms with Crippen LogP contribution in [0.2, 0.25) is 0 Å². The fourth-order valence-corrected chi connectivity index (χ4v) is 2.19. The topological polar surface area (TPSA) is 96.7 Å². The first-order valence-electron chi connectivity index (χ1n) is 7.18. The Morgan fingerprint density at radius 3 is 2.78 bits per heavy atom. The van der Waals surface area contributed by atoms with E-state index in [0.29, 0.717) is 31.8 Å². The molecule has 1 fully saturated rings. The Hall–Kier alpha value is -3.03. The Bertz CT molecular complexity index is 669. The summed E-state index contributed by atoms with van der Waals surface area (Å²) in [6, 6.07) is 6.69. The molecule has 3 rings (SSSR count). The van der Waals surface area contributed by atoms with Gasteiger partial charge in [0, 0.05) is 24.3 Å². The van der Waals surface area contributed by atoms with Gasteiger partial charge in [-0.2, -0.15) is 0 Å². The quantitative estimate of drug-likeness (QED) is 0.879. The van der Waals surface area contributed by atoms with Crippen molar-refractivity contribution in [1.82, 2.24) is 10.3 Å². The maximum Gasteiger partial charge on any atom is 0.414 e. The molecule has 3 amide bonds. The Morgan fingerprint density at radius 2 is 2.13 bits per heavy atom. The molecule has 8 nitrogen and oxygen atoms in total. The highest BCUT2D eigenvalue weighted by Gasteiger charge is 2.23. The van der Waals surface area contributed by atoms with E-state index in [-0.39, 0.29) is 12.1 Å². The second-order valence-corrected chi connectivity index (χ2v) is 4.92. The lowest BCUT2D eigenvalue weighted by molar-refractivity contribution is 0.181. The third-order valence-corrected chi connectivity index (χ3v) is 3.35. The van der Waals surface area contributed by atoms with Gasteiger partial charge >= 0.3 is 12.1 Å². The lowest BCUT2D eigenvalue weighted by Gasteiger charge is -2.13. The molecule has 1 aromatic heterocycles. The van der Waals surface area contributed by atoms with Crippen LogP contribution in [0.15, 0.2) is 41.3 Å². The lowest BCUT2D eigenvalue weighted by Crippen LogP contribution is -2.30. The van der Waals surface area contributed by atoms with Crippen molar-refractivity contribution in [3.05, 3.63) is 42.6 Å². The molecule has 2 heterocycles. The number of hydrogen-bond acceptors (Lipinski definition) is 5. The second kappa shape index (κ2) is 6.82. The predicted molar refractivity (Wildman–Crippen MR) is 82.4 cm³/mol. The highest BCUT2D eigenvalue weighted by Crippen LogP contribution is 2.20. The maximum atomic E-state index is 11.8. The first-order chi connectivity index (χ1) is 11.2. The summed E-state index contributed by atoms with van der Waals surface area (Å²) in [7, 11) is 0. The van der Waals surface area contributed by atoms with E-state index in [9.17, 15) is 9.59 Å². The van der Waals surface area contributed by atoms with E-state index in [4.69, 9.17) is 9.15 Å². The molecule has 0 radical (unpaired) electrons. The summed E-state index contributed by atoms with van der Waals surface area (Å²) in [5.74, 6) is 0. The predicted octanol–water partition coefficient (Wildman–Crippen LogP) is 2.00. The van der Waals surface area contributed by atoms with Crippen molar-refractivity contribution >= 4 is 23.5 Å². The SMILES string of the molecule is O=C(NCCc1cocn1)Nc1ccc(N2CCOC2=O)cc1. The van der Waals surface area contributed by atoms with Gasteiger partial charge in [-0.15, -0.1) is 0 Å². The molecule has 1 aliphatic rings. The van der Waals surface area contributed by atoms with Gasteiger partial charge in [-0.1, -0.05) is 0 Å². The number of hydrogen-bond donors (Lipinski definition) is 2. The molecule has 2 aromatic rings. The van der Waals surface area contributed by atoms with Crippen LogP contribution in [0.5, 0.6) is 0 Å². The third-order valence-electron chi connectivity index (χ3n) is 3.35. The number of urea groups is 1. The van der Waals surface area contributed by atoms with Gasteiger partial charge < -0.3 is 19.8 Å². The van der Waals surface area contributed by atoms with Crippen LogP contribution in [0.1, 0.15) is 5.69 Å². The third kappa shape index (κ3) is 3.79. The molecule has 0 saturated carbocycles. The minimum absolute atomic E-state index is 0.304. The number of anilines is 2. The number of cyclic esters (lactones) is 1. The fourth-order valence-electron chi connectivity index (χ4n) is 2.19. The number of nitrogens with one attached hydrogen (secondary N) is 2. The molecule has 0 aliphatic carbocycles. The Kier molecular flexibility index (Phi) is 4.41. The minimum atomic E-state index is -0.351. The summed E-state index contributed by atoms with van der Waals surface area (Å²) in [5.41, 5.74) is 2.16. The zero-order valence-electron chi connectivity index (χ0n) is 12.3. The van der Waals surface area contributed by atoms with E-state index in [0.717, 1.165) is 11.4 Å². The molecule has 23 heavy (non-hydrogen) atoms. The van der Waals surface area contributed by atoms with Gasteiger partial charge in [0.15, 0.2) is 6.39 Å². The van der Waals surface area contributed by atoms with Gasteiger partial charge in [0.2, 0.25) is 0 Å². The largest absolute Gasteiger partial charge is 0.451 e. The van der Waals surface area contributed by atoms with Gasteiger partial charge in [-0.05, 0) is 24.3 Å². The highest BCUT2D eigenvalue weighted by atomic mass is 16.6. The van der Waals surface area contributed by atoms with Crippen LogP contribution in [-0.4, -0.2) is 36.8 Å². The fraction of sp³-hybridized carbons (Fsp3) is 0.267. The molecule has 120 valence electrons. The number of nitrogens with zero attached hydrogens (tertiary/aromatic N) is 2. The maximum absolute atomic E-state index is 11.8. The van der Waals surface area contributed by atoms with Crippen molar-refractivity contribution in [3.8, 4) is 0 Å². The van der Waals surface area contributed by atoms with Crippen LogP contribution >= 0.6 is 0 Å². The summed E-state index contributed by atoms with van der Waals surface area (Å²) in [6.07, 6.45) is 3.14. The van der Waals surface area contributed by atoms with Crippen LogP contribution < -0.4 is 15.5 Å². The molecule has 0 bridgehead atoms. The van der Waals surface area contributed by atoms with E-state index in [1.54, 1.807) is 35.4 Å². The van der Waals surface area contributed by atoms with E-state index < -0.39 is 0 Å². The van der Waals surface area contributed by atoms with Crippen LogP contribution in [0.4, 0.5) is 21.0 Å². The summed E-state index contributed by atoms with van der Waals surface area (Å²) < 4.78 is 9.74. The van der Waals surface area contributed by atoms with E-state index >= 15 is 0 Å². The first kappa shape index (κ1) is 14.9. The van der Waals surface area contributed by atoms with E-state index in [1.807, 2.05) is 0 Å². The van der Waals surface area contributed by atoms with Crippen molar-refractivity contribution < 1.29 is 18.7 Å². The van der Waals surface area contributed by atoms with Crippen molar-refractivity contribution in [2.24, 2.45) is 0 Å². The number of carbonyl (C=O) groups excluding carboxylic acids is 2. The van der Waals surface area contributed by atoms with Crippen LogP contribution in [0.25, 0.3) is 0 Å². The number of benzene rings is 1. The lowest BCUT2D eigenvalue weighted by atomic mass is 10.2. The average Bonchev–Trinajstić information content (AvgIpc) is 3.20. The van der Waals surface area contributed by atoms with Gasteiger partial charge in [0.25, 0.3) is 0 Å². The molecule has 8 heteroatoms. The van der Waals surface area contributed by atoms with E-state index in [2.05, 4.69) is 15.6 Å². The summed E-state index contributed by atoms with van der Waals surface area (Å²) in [5, 5.41) is 5.45. The van der Waals surface area contributed by atoms with Crippen LogP contribution in [0, 0.1) is 0 Å². The van der Waals surface area contributed by atoms with Crippen molar-refractivity contribution in [2.45, 2.75) is 6.42 Å². The monoisotopic (exact) mass is 316 g/mol. The normalized spacial score (nSPS) is 13.7. The standard InChI is InChI=1S/C15H16N4O4/c20-14(16-6-5-12-9-22-10-17-12)18-11-1-3-13(4-2-11)19-7-8-23-15(19)21/h1-4,9-10H,5-8H2,(H2,16,18,20). The smallest absolute Gasteiger partial charge is 0.414 e. The summed E-state index contributed by atoms with van der Waals surface area (Å²) in [4.78, 5) is 28.8. The second-order valence-electron chi connectivity index (χ2n) is 4.92. The number of oxazole rings is 1. The van der Waals surface area contributed by atoms with Gasteiger partial charge in [0.05, 0.1) is 12.2 Å². The zero-order valence-corrected chi connectivity index (χ0v) is 12.3. The molecular weight excluding hydrogens is 300 g/mol. The van der Waals surface area contributed by atoms with Crippen LogP contribution in [-0.2, 0) is 11.2 Å². The number of aromatic nitrogens is 1. The molecule has 1 aliphatic heterocycles. The average molecular weight is 316 g/mol. The molecule has 0 atom stereocenters. The minimum Gasteiger partial charge on any atom is -0.451 e. The van der Waals surface area contributed by atoms with Crippen LogP contribution in [0.3, 0.4) is 0 Å². The summed E-state index contributed by atoms with van der Waals surface area (Å²) >= 11 is 0.